The van der Waals surface area contributed by atoms with E-state index in [2.05, 4.69) is 43.9 Å². The van der Waals surface area contributed by atoms with Crippen LogP contribution in [-0.2, 0) is 0 Å². The monoisotopic (exact) mass is 347 g/mol. The molecule has 1 amide bonds. The average Bonchev–Trinajstić information content (AvgIpc) is 2.93. The first kappa shape index (κ1) is 18.4. The minimum Gasteiger partial charge on any atom is -0.352 e. The van der Waals surface area contributed by atoms with Gasteiger partial charge in [0.15, 0.2) is 0 Å². The van der Waals surface area contributed by atoms with Gasteiger partial charge in [-0.3, -0.25) is 4.79 Å². The molecule has 24 heavy (non-hydrogen) atoms. The van der Waals surface area contributed by atoms with Crippen LogP contribution in [0.1, 0.15) is 40.7 Å². The van der Waals surface area contributed by atoms with Crippen molar-refractivity contribution in [3.8, 4) is 0 Å². The first-order valence-electron chi connectivity index (χ1n) is 7.95. The van der Waals surface area contributed by atoms with Crippen LogP contribution in [0.2, 0.25) is 0 Å². The molecule has 0 aromatic carbocycles. The van der Waals surface area contributed by atoms with Gasteiger partial charge in [-0.2, -0.15) is 0 Å². The van der Waals surface area contributed by atoms with Gasteiger partial charge in [-0.05, 0) is 51.9 Å². The first-order chi connectivity index (χ1) is 11.4. The quantitative estimate of drug-likeness (QED) is 0.806. The summed E-state index contributed by atoms with van der Waals surface area (Å²) in [6.07, 6.45) is 3.10. The van der Waals surface area contributed by atoms with E-state index < -0.39 is 0 Å². The molecule has 0 spiro atoms. The second-order valence-corrected chi connectivity index (χ2v) is 7.20. The molecule has 130 valence electrons. The number of nitrogens with one attached hydrogen (secondary N) is 2. The Kier molecular flexibility index (Phi) is 6.28. The van der Waals surface area contributed by atoms with Crippen molar-refractivity contribution in [3.05, 3.63) is 39.8 Å². The second kappa shape index (κ2) is 8.21. The van der Waals surface area contributed by atoms with Gasteiger partial charge in [0.1, 0.15) is 0 Å². The van der Waals surface area contributed by atoms with E-state index in [1.165, 1.54) is 10.4 Å². The Labute approximate surface area is 147 Å². The van der Waals surface area contributed by atoms with Gasteiger partial charge < -0.3 is 15.5 Å². The van der Waals surface area contributed by atoms with Crippen molar-refractivity contribution >= 4 is 23.2 Å². The van der Waals surface area contributed by atoms with E-state index >= 15 is 0 Å². The zero-order valence-electron chi connectivity index (χ0n) is 14.8. The fraction of sp³-hybridized carbons (Fsp3) is 0.471. The van der Waals surface area contributed by atoms with Gasteiger partial charge >= 0.3 is 0 Å². The highest BCUT2D eigenvalue weighted by Gasteiger charge is 2.19. The van der Waals surface area contributed by atoms with Gasteiger partial charge in [0, 0.05) is 29.9 Å². The fourth-order valence-corrected chi connectivity index (χ4v) is 3.43. The maximum atomic E-state index is 12.3. The normalized spacial score (nSPS) is 12.5. The van der Waals surface area contributed by atoms with E-state index in [-0.39, 0.29) is 18.0 Å². The van der Waals surface area contributed by atoms with E-state index in [0.29, 0.717) is 18.1 Å². The molecular weight excluding hydrogens is 322 g/mol. The minimum atomic E-state index is -0.160. The number of likely N-dealkylation sites (N-methyl/N-ethyl adjacent to an activating group) is 1. The Morgan fingerprint density at radius 1 is 1.29 bits per heavy atom. The predicted molar refractivity (Wildman–Crippen MR) is 98.6 cm³/mol. The smallest absolute Gasteiger partial charge is 0.254 e. The lowest BCUT2D eigenvalue weighted by atomic mass is 10.1. The van der Waals surface area contributed by atoms with Crippen molar-refractivity contribution in [2.45, 2.75) is 32.9 Å². The molecule has 0 saturated heterocycles. The van der Waals surface area contributed by atoms with E-state index in [1.807, 2.05) is 27.9 Å². The second-order valence-electron chi connectivity index (χ2n) is 6.25. The molecule has 0 aliphatic carbocycles. The maximum absolute atomic E-state index is 12.3. The van der Waals surface area contributed by atoms with Crippen LogP contribution in [0, 0.1) is 6.92 Å². The van der Waals surface area contributed by atoms with Crippen LogP contribution in [0.15, 0.2) is 23.8 Å². The Balaban J connectivity index is 1.99. The number of thiophene rings is 1. The number of aryl methyl sites for hydroxylation is 1. The summed E-state index contributed by atoms with van der Waals surface area (Å²) >= 11 is 1.72. The molecule has 7 heteroatoms. The summed E-state index contributed by atoms with van der Waals surface area (Å²) < 4.78 is 0. The molecule has 0 saturated carbocycles. The van der Waals surface area contributed by atoms with Gasteiger partial charge in [-0.1, -0.05) is 0 Å². The lowest BCUT2D eigenvalue weighted by Crippen LogP contribution is -2.34. The number of carbonyl (C=O) groups excluding carboxylic acids is 1. The molecule has 2 aromatic heterocycles. The van der Waals surface area contributed by atoms with Crippen molar-refractivity contribution in [2.75, 3.05) is 26.0 Å². The third-order valence-corrected chi connectivity index (χ3v) is 4.74. The lowest BCUT2D eigenvalue weighted by molar-refractivity contribution is 0.0941. The maximum Gasteiger partial charge on any atom is 0.254 e. The minimum absolute atomic E-state index is 0.150. The number of hydrogen-bond acceptors (Lipinski definition) is 6. The lowest BCUT2D eigenvalue weighted by Gasteiger charge is -2.24. The SMILES string of the molecule is Cc1ccsc1C(CNC(=O)c1cnc(NC(C)C)nc1)N(C)C. The van der Waals surface area contributed by atoms with Crippen LogP contribution in [0.5, 0.6) is 0 Å². The molecule has 0 bridgehead atoms. The number of amides is 1. The third-order valence-electron chi connectivity index (χ3n) is 3.62. The summed E-state index contributed by atoms with van der Waals surface area (Å²) in [5.41, 5.74) is 1.71. The number of anilines is 1. The number of hydrogen-bond donors (Lipinski definition) is 2. The van der Waals surface area contributed by atoms with Gasteiger partial charge in [0.05, 0.1) is 11.6 Å². The molecule has 2 aromatic rings. The van der Waals surface area contributed by atoms with Crippen LogP contribution < -0.4 is 10.6 Å². The molecule has 6 nitrogen and oxygen atoms in total. The molecule has 0 aliphatic heterocycles. The summed E-state index contributed by atoms with van der Waals surface area (Å²) in [4.78, 5) is 24.1. The highest BCUT2D eigenvalue weighted by atomic mass is 32.1. The number of carbonyl (C=O) groups is 1. The average molecular weight is 347 g/mol. The van der Waals surface area contributed by atoms with Crippen molar-refractivity contribution in [1.29, 1.82) is 0 Å². The molecule has 2 heterocycles. The van der Waals surface area contributed by atoms with Crippen LogP contribution in [0.4, 0.5) is 5.95 Å². The van der Waals surface area contributed by atoms with Crippen molar-refractivity contribution < 1.29 is 4.79 Å². The van der Waals surface area contributed by atoms with E-state index in [4.69, 9.17) is 0 Å². The number of nitrogens with zero attached hydrogens (tertiary/aromatic N) is 3. The van der Waals surface area contributed by atoms with Crippen LogP contribution in [0.3, 0.4) is 0 Å². The fourth-order valence-electron chi connectivity index (χ4n) is 2.31. The largest absolute Gasteiger partial charge is 0.352 e. The highest BCUT2D eigenvalue weighted by Crippen LogP contribution is 2.26. The molecule has 0 radical (unpaired) electrons. The molecule has 1 atom stereocenters. The summed E-state index contributed by atoms with van der Waals surface area (Å²) in [7, 11) is 4.04. The predicted octanol–water partition coefficient (Wildman–Crippen LogP) is 2.70. The van der Waals surface area contributed by atoms with E-state index in [9.17, 15) is 4.79 Å². The molecule has 2 rings (SSSR count). The Bertz CT molecular complexity index is 666. The van der Waals surface area contributed by atoms with Gasteiger partial charge in [-0.15, -0.1) is 11.3 Å². The number of rotatable bonds is 7. The van der Waals surface area contributed by atoms with E-state index in [0.717, 1.165) is 0 Å². The molecule has 1 unspecified atom stereocenters. The summed E-state index contributed by atoms with van der Waals surface area (Å²) in [6.45, 7) is 6.66. The van der Waals surface area contributed by atoms with Crippen LogP contribution in [0.25, 0.3) is 0 Å². The zero-order valence-corrected chi connectivity index (χ0v) is 15.6. The molecule has 2 N–H and O–H groups in total. The molecular formula is C17H25N5OS. The Hall–Kier alpha value is -1.99. The molecule has 0 fully saturated rings. The summed E-state index contributed by atoms with van der Waals surface area (Å²) in [6, 6.07) is 2.50. The van der Waals surface area contributed by atoms with Crippen molar-refractivity contribution in [2.24, 2.45) is 0 Å². The zero-order chi connectivity index (χ0) is 17.7. The standard InChI is InChI=1S/C17H25N5OS/c1-11(2)21-17-19-8-13(9-20-17)16(23)18-10-14(22(4)5)15-12(3)6-7-24-15/h6-9,11,14H,10H2,1-5H3,(H,18,23)(H,19,20,21). The van der Waals surface area contributed by atoms with Gasteiger partial charge in [0.25, 0.3) is 5.91 Å². The van der Waals surface area contributed by atoms with Gasteiger partial charge in [-0.25, -0.2) is 9.97 Å². The Morgan fingerprint density at radius 2 is 1.96 bits per heavy atom. The van der Waals surface area contributed by atoms with Crippen LogP contribution in [-0.4, -0.2) is 47.5 Å². The highest BCUT2D eigenvalue weighted by molar-refractivity contribution is 7.10. The topological polar surface area (TPSA) is 70.1 Å². The number of aromatic nitrogens is 2. The van der Waals surface area contributed by atoms with Gasteiger partial charge in [0.2, 0.25) is 5.95 Å². The molecule has 0 aliphatic rings. The first-order valence-corrected chi connectivity index (χ1v) is 8.83. The van der Waals surface area contributed by atoms with Crippen molar-refractivity contribution in [3.63, 3.8) is 0 Å². The van der Waals surface area contributed by atoms with E-state index in [1.54, 1.807) is 23.7 Å². The summed E-state index contributed by atoms with van der Waals surface area (Å²) in [5.74, 6) is 0.370. The summed E-state index contributed by atoms with van der Waals surface area (Å²) in [5, 5.41) is 8.16. The van der Waals surface area contributed by atoms with Crippen LogP contribution >= 0.6 is 11.3 Å². The van der Waals surface area contributed by atoms with Crippen molar-refractivity contribution in [1.82, 2.24) is 20.2 Å². The Morgan fingerprint density at radius 3 is 2.46 bits per heavy atom. The third kappa shape index (κ3) is 4.75.